The van der Waals surface area contributed by atoms with Gasteiger partial charge in [0.15, 0.2) is 18.1 Å². The van der Waals surface area contributed by atoms with Crippen LogP contribution in [0.4, 0.5) is 5.69 Å². The minimum absolute atomic E-state index is 0.150. The van der Waals surface area contributed by atoms with Crippen LogP contribution in [0.5, 0.6) is 11.5 Å². The van der Waals surface area contributed by atoms with Crippen molar-refractivity contribution in [1.29, 1.82) is 0 Å². The van der Waals surface area contributed by atoms with Crippen LogP contribution in [0.25, 0.3) is 0 Å². The molecule has 6 nitrogen and oxygen atoms in total. The number of hydrogen-bond acceptors (Lipinski definition) is 4. The molecule has 0 aliphatic rings. The molecule has 156 valence electrons. The van der Waals surface area contributed by atoms with Crippen molar-refractivity contribution in [3.63, 3.8) is 0 Å². The number of methoxy groups -OCH3 is 1. The van der Waals surface area contributed by atoms with Gasteiger partial charge in [-0.3, -0.25) is 9.59 Å². The molecule has 29 heavy (non-hydrogen) atoms. The number of halogens is 1. The van der Waals surface area contributed by atoms with Gasteiger partial charge in [-0.1, -0.05) is 57.5 Å². The van der Waals surface area contributed by atoms with E-state index in [1.165, 1.54) is 19.2 Å². The molecule has 0 aromatic heterocycles. The Hall–Kier alpha value is -2.73. The Labute approximate surface area is 176 Å². The second-order valence-corrected chi connectivity index (χ2v) is 7.73. The molecule has 3 N–H and O–H groups in total. The quantitative estimate of drug-likeness (QED) is 0.649. The molecule has 0 radical (unpaired) electrons. The molecule has 0 atom stereocenters. The minimum Gasteiger partial charge on any atom is -0.493 e. The summed E-state index contributed by atoms with van der Waals surface area (Å²) in [5, 5.41) is 3.19. The van der Waals surface area contributed by atoms with Crippen molar-refractivity contribution in [1.82, 2.24) is 0 Å². The van der Waals surface area contributed by atoms with Crippen LogP contribution in [0, 0.1) is 0 Å². The lowest BCUT2D eigenvalue weighted by Crippen LogP contribution is -2.20. The summed E-state index contributed by atoms with van der Waals surface area (Å²) in [6.07, 6.45) is 0. The van der Waals surface area contributed by atoms with Crippen LogP contribution in [0.15, 0.2) is 30.3 Å². The van der Waals surface area contributed by atoms with E-state index in [0.29, 0.717) is 5.56 Å². The number of carbonyl (C=O) groups excluding carboxylic acids is 2. The van der Waals surface area contributed by atoms with Gasteiger partial charge in [-0.2, -0.15) is 0 Å². The number of nitrogens with two attached hydrogens (primary N) is 1. The molecule has 0 saturated carbocycles. The number of anilines is 1. The molecule has 2 amide bonds. The number of ether oxygens (including phenoxy) is 2. The van der Waals surface area contributed by atoms with Crippen molar-refractivity contribution >= 4 is 29.1 Å². The predicted octanol–water partition coefficient (Wildman–Crippen LogP) is 4.71. The molecule has 2 rings (SSSR count). The number of amides is 2. The van der Waals surface area contributed by atoms with Crippen LogP contribution in [-0.2, 0) is 4.79 Å². The maximum absolute atomic E-state index is 13.0. The SMILES string of the molecule is COc1cc(C(=O)Nc2c(C(C)C)cccc2C(C)C)cc(Cl)c1OCC(N)=O. The summed E-state index contributed by atoms with van der Waals surface area (Å²) in [7, 11) is 1.43. The van der Waals surface area contributed by atoms with E-state index in [-0.39, 0.29) is 40.9 Å². The predicted molar refractivity (Wildman–Crippen MR) is 115 cm³/mol. The van der Waals surface area contributed by atoms with Crippen LogP contribution in [0.2, 0.25) is 5.02 Å². The van der Waals surface area contributed by atoms with Gasteiger partial charge in [0, 0.05) is 11.3 Å². The van der Waals surface area contributed by atoms with Gasteiger partial charge in [-0.25, -0.2) is 0 Å². The summed E-state index contributed by atoms with van der Waals surface area (Å²) >= 11 is 6.27. The fourth-order valence-electron chi connectivity index (χ4n) is 3.02. The molecule has 0 bridgehead atoms. The average molecular weight is 419 g/mol. The van der Waals surface area contributed by atoms with Gasteiger partial charge in [-0.15, -0.1) is 0 Å². The first-order valence-electron chi connectivity index (χ1n) is 9.38. The number of rotatable bonds is 8. The summed E-state index contributed by atoms with van der Waals surface area (Å²) in [5.41, 5.74) is 8.35. The fourth-order valence-corrected chi connectivity index (χ4v) is 3.28. The van der Waals surface area contributed by atoms with Crippen molar-refractivity contribution in [3.8, 4) is 11.5 Å². The second kappa shape index (κ2) is 9.65. The van der Waals surface area contributed by atoms with Gasteiger partial charge in [-0.05, 0) is 35.1 Å². The molecular weight excluding hydrogens is 392 g/mol. The van der Waals surface area contributed by atoms with Crippen LogP contribution in [0.3, 0.4) is 0 Å². The lowest BCUT2D eigenvalue weighted by molar-refractivity contribution is -0.119. The molecule has 0 fully saturated rings. The van der Waals surface area contributed by atoms with E-state index in [9.17, 15) is 9.59 Å². The largest absolute Gasteiger partial charge is 0.493 e. The van der Waals surface area contributed by atoms with E-state index < -0.39 is 5.91 Å². The molecule has 0 spiro atoms. The Bertz CT molecular complexity index is 884. The number of nitrogens with one attached hydrogen (secondary N) is 1. The highest BCUT2D eigenvalue weighted by atomic mass is 35.5. The van der Waals surface area contributed by atoms with Crippen molar-refractivity contribution in [3.05, 3.63) is 52.0 Å². The molecule has 2 aromatic carbocycles. The highest BCUT2D eigenvalue weighted by Crippen LogP contribution is 2.37. The first-order valence-corrected chi connectivity index (χ1v) is 9.76. The Balaban J connectivity index is 2.42. The van der Waals surface area contributed by atoms with Gasteiger partial charge in [0.25, 0.3) is 11.8 Å². The smallest absolute Gasteiger partial charge is 0.255 e. The number of para-hydroxylation sites is 1. The zero-order valence-electron chi connectivity index (χ0n) is 17.3. The Morgan fingerprint density at radius 1 is 1.10 bits per heavy atom. The highest BCUT2D eigenvalue weighted by Gasteiger charge is 2.20. The molecule has 7 heteroatoms. The Kier molecular flexibility index (Phi) is 7.51. The van der Waals surface area contributed by atoms with E-state index in [1.54, 1.807) is 0 Å². The molecule has 0 aliphatic carbocycles. The average Bonchev–Trinajstić information content (AvgIpc) is 2.65. The van der Waals surface area contributed by atoms with Crippen LogP contribution >= 0.6 is 11.6 Å². The molecular formula is C22H27ClN2O4. The zero-order valence-corrected chi connectivity index (χ0v) is 18.1. The summed E-state index contributed by atoms with van der Waals surface area (Å²) < 4.78 is 10.6. The van der Waals surface area contributed by atoms with E-state index >= 15 is 0 Å². The number of primary amides is 1. The van der Waals surface area contributed by atoms with Crippen LogP contribution in [-0.4, -0.2) is 25.5 Å². The first kappa shape index (κ1) is 22.6. The van der Waals surface area contributed by atoms with Gasteiger partial charge in [0.05, 0.1) is 12.1 Å². The third-order valence-electron chi connectivity index (χ3n) is 4.46. The number of hydrogen-bond donors (Lipinski definition) is 2. The lowest BCUT2D eigenvalue weighted by atomic mass is 9.92. The van der Waals surface area contributed by atoms with Crippen molar-refractivity contribution in [2.24, 2.45) is 5.73 Å². The summed E-state index contributed by atoms with van der Waals surface area (Å²) in [6.45, 7) is 7.99. The third kappa shape index (κ3) is 5.41. The summed E-state index contributed by atoms with van der Waals surface area (Å²) in [5.74, 6) is -0.0726. The normalized spacial score (nSPS) is 10.9. The fraction of sp³-hybridized carbons (Fsp3) is 0.364. The van der Waals surface area contributed by atoms with Gasteiger partial charge >= 0.3 is 0 Å². The van der Waals surface area contributed by atoms with Crippen molar-refractivity contribution in [2.75, 3.05) is 19.0 Å². The standard InChI is InChI=1S/C22H27ClN2O4/c1-12(2)15-7-6-8-16(13(3)4)20(15)25-22(27)14-9-17(23)21(18(10-14)28-5)29-11-19(24)26/h6-10,12-13H,11H2,1-5H3,(H2,24,26)(H,25,27). The summed E-state index contributed by atoms with van der Waals surface area (Å²) in [4.78, 5) is 24.0. The Morgan fingerprint density at radius 3 is 2.17 bits per heavy atom. The van der Waals surface area contributed by atoms with Crippen LogP contribution in [0.1, 0.15) is 61.0 Å². The van der Waals surface area contributed by atoms with E-state index in [2.05, 4.69) is 33.0 Å². The highest BCUT2D eigenvalue weighted by molar-refractivity contribution is 6.32. The Morgan fingerprint density at radius 2 is 1.69 bits per heavy atom. The maximum Gasteiger partial charge on any atom is 0.255 e. The van der Waals surface area contributed by atoms with Gasteiger partial charge < -0.3 is 20.5 Å². The van der Waals surface area contributed by atoms with Crippen LogP contribution < -0.4 is 20.5 Å². The van der Waals surface area contributed by atoms with Crippen molar-refractivity contribution < 1.29 is 19.1 Å². The monoisotopic (exact) mass is 418 g/mol. The molecule has 2 aromatic rings. The number of benzene rings is 2. The van der Waals surface area contributed by atoms with E-state index in [0.717, 1.165) is 16.8 Å². The van der Waals surface area contributed by atoms with Gasteiger partial charge in [0.1, 0.15) is 0 Å². The second-order valence-electron chi connectivity index (χ2n) is 7.32. The zero-order chi connectivity index (χ0) is 21.7. The van der Waals surface area contributed by atoms with Crippen molar-refractivity contribution in [2.45, 2.75) is 39.5 Å². The summed E-state index contributed by atoms with van der Waals surface area (Å²) in [6, 6.07) is 9.03. The number of carbonyl (C=O) groups is 2. The molecule has 0 saturated heterocycles. The molecule has 0 aliphatic heterocycles. The molecule has 0 unspecified atom stereocenters. The maximum atomic E-state index is 13.0. The van der Waals surface area contributed by atoms with E-state index in [4.69, 9.17) is 26.8 Å². The minimum atomic E-state index is -0.642. The third-order valence-corrected chi connectivity index (χ3v) is 4.74. The topological polar surface area (TPSA) is 90.7 Å². The lowest BCUT2D eigenvalue weighted by Gasteiger charge is -2.20. The van der Waals surface area contributed by atoms with E-state index in [1.807, 2.05) is 18.2 Å². The first-order chi connectivity index (χ1) is 13.6. The molecule has 0 heterocycles. The van der Waals surface area contributed by atoms with Gasteiger partial charge in [0.2, 0.25) is 0 Å².